The molecule has 1 spiro atoms. The first kappa shape index (κ1) is 14.0. The molecule has 0 bridgehead atoms. The van der Waals surface area contributed by atoms with Gasteiger partial charge in [0.25, 0.3) is 0 Å². The van der Waals surface area contributed by atoms with Gasteiger partial charge in [-0.2, -0.15) is 0 Å². The van der Waals surface area contributed by atoms with Gasteiger partial charge in [0.15, 0.2) is 0 Å². The summed E-state index contributed by atoms with van der Waals surface area (Å²) in [7, 11) is 3.86. The zero-order valence-electron chi connectivity index (χ0n) is 12.6. The van der Waals surface area contributed by atoms with Gasteiger partial charge in [0.1, 0.15) is 5.82 Å². The minimum absolute atomic E-state index is 0.574. The van der Waals surface area contributed by atoms with Gasteiger partial charge in [0.05, 0.1) is 13.2 Å². The second kappa shape index (κ2) is 5.84. The first-order valence-corrected chi connectivity index (χ1v) is 7.65. The molecule has 1 saturated carbocycles. The molecule has 0 radical (unpaired) electrons. The van der Waals surface area contributed by atoms with Gasteiger partial charge in [-0.15, -0.1) is 0 Å². The summed E-state index contributed by atoms with van der Waals surface area (Å²) in [6, 6.07) is 0.719. The quantitative estimate of drug-likeness (QED) is 0.843. The molecule has 5 heteroatoms. The van der Waals surface area contributed by atoms with E-state index < -0.39 is 0 Å². The number of hydrogen-bond acceptors (Lipinski definition) is 4. The molecule has 112 valence electrons. The average molecular weight is 278 g/mol. The smallest absolute Gasteiger partial charge is 0.122 e. The van der Waals surface area contributed by atoms with E-state index >= 15 is 0 Å². The largest absolute Gasteiger partial charge is 0.383 e. The van der Waals surface area contributed by atoms with E-state index in [0.29, 0.717) is 5.41 Å². The molecule has 1 aromatic rings. The van der Waals surface area contributed by atoms with Crippen molar-refractivity contribution < 1.29 is 4.74 Å². The molecule has 1 atom stereocenters. The Bertz CT molecular complexity index is 439. The van der Waals surface area contributed by atoms with Gasteiger partial charge in [-0.25, -0.2) is 4.98 Å². The fraction of sp³-hybridized carbons (Fsp3) is 0.800. The summed E-state index contributed by atoms with van der Waals surface area (Å²) < 4.78 is 7.42. The highest BCUT2D eigenvalue weighted by Crippen LogP contribution is 2.55. The molecule has 1 N–H and O–H groups in total. The molecule has 1 unspecified atom stereocenters. The first-order valence-electron chi connectivity index (χ1n) is 7.65. The third-order valence-electron chi connectivity index (χ3n) is 5.03. The number of ether oxygens (including phenoxy) is 1. The van der Waals surface area contributed by atoms with Crippen molar-refractivity contribution in [2.75, 3.05) is 33.4 Å². The number of nitrogens with zero attached hydrogens (tertiary/aromatic N) is 3. The number of rotatable bonds is 6. The van der Waals surface area contributed by atoms with E-state index in [1.807, 2.05) is 12.4 Å². The summed E-state index contributed by atoms with van der Waals surface area (Å²) in [4.78, 5) is 7.06. The van der Waals surface area contributed by atoms with E-state index in [2.05, 4.69) is 26.8 Å². The lowest BCUT2D eigenvalue weighted by Crippen LogP contribution is -2.37. The van der Waals surface area contributed by atoms with Crippen LogP contribution in [0.15, 0.2) is 12.4 Å². The van der Waals surface area contributed by atoms with Crippen LogP contribution in [0.25, 0.3) is 0 Å². The Kier molecular flexibility index (Phi) is 4.10. The lowest BCUT2D eigenvalue weighted by atomic mass is 9.93. The number of aryl methyl sites for hydroxylation is 1. The molecule has 2 fully saturated rings. The van der Waals surface area contributed by atoms with Crippen LogP contribution in [-0.4, -0.2) is 53.8 Å². The zero-order chi connectivity index (χ0) is 14.0. The maximum absolute atomic E-state index is 5.29. The predicted molar refractivity (Wildman–Crippen MR) is 78.4 cm³/mol. The van der Waals surface area contributed by atoms with Gasteiger partial charge in [0.2, 0.25) is 0 Å². The van der Waals surface area contributed by atoms with Crippen LogP contribution in [0.2, 0.25) is 0 Å². The fourth-order valence-corrected chi connectivity index (χ4v) is 3.59. The van der Waals surface area contributed by atoms with E-state index in [1.165, 1.54) is 32.4 Å². The first-order chi connectivity index (χ1) is 9.75. The van der Waals surface area contributed by atoms with Gasteiger partial charge in [-0.05, 0) is 37.8 Å². The van der Waals surface area contributed by atoms with Crippen molar-refractivity contribution in [3.63, 3.8) is 0 Å². The summed E-state index contributed by atoms with van der Waals surface area (Å²) >= 11 is 0. The van der Waals surface area contributed by atoms with Crippen LogP contribution in [0.3, 0.4) is 0 Å². The molecule has 20 heavy (non-hydrogen) atoms. The molecule has 0 aromatic carbocycles. The second-order valence-corrected chi connectivity index (χ2v) is 6.25. The molecule has 3 rings (SSSR count). The topological polar surface area (TPSA) is 42.3 Å². The van der Waals surface area contributed by atoms with E-state index in [9.17, 15) is 0 Å². The number of aromatic nitrogens is 2. The second-order valence-electron chi connectivity index (χ2n) is 6.25. The van der Waals surface area contributed by atoms with Gasteiger partial charge < -0.3 is 14.6 Å². The van der Waals surface area contributed by atoms with Crippen LogP contribution in [0.1, 0.15) is 25.1 Å². The summed E-state index contributed by atoms with van der Waals surface area (Å²) in [6.07, 6.45) is 7.90. The molecule has 1 aliphatic carbocycles. The number of imidazole rings is 1. The molecule has 1 aliphatic heterocycles. The van der Waals surface area contributed by atoms with Gasteiger partial charge in [0, 0.05) is 39.1 Å². The Hall–Kier alpha value is -0.910. The van der Waals surface area contributed by atoms with Crippen LogP contribution < -0.4 is 5.32 Å². The summed E-state index contributed by atoms with van der Waals surface area (Å²) in [5.74, 6) is 1.15. The maximum atomic E-state index is 5.29. The lowest BCUT2D eigenvalue weighted by Gasteiger charge is -2.29. The SMILES string of the molecule is COCCN(Cc1nccn1C)C1CC12CCNCC2. The highest BCUT2D eigenvalue weighted by atomic mass is 16.5. The molecule has 1 saturated heterocycles. The van der Waals surface area contributed by atoms with Crippen molar-refractivity contribution in [1.29, 1.82) is 0 Å². The number of methoxy groups -OCH3 is 1. The van der Waals surface area contributed by atoms with Gasteiger partial charge in [-0.3, -0.25) is 4.90 Å². The maximum Gasteiger partial charge on any atom is 0.122 e. The molecular formula is C15H26N4O. The Morgan fingerprint density at radius 2 is 2.30 bits per heavy atom. The van der Waals surface area contributed by atoms with E-state index in [0.717, 1.165) is 31.6 Å². The number of hydrogen-bond donors (Lipinski definition) is 1. The zero-order valence-corrected chi connectivity index (χ0v) is 12.6. The third-order valence-corrected chi connectivity index (χ3v) is 5.03. The monoisotopic (exact) mass is 278 g/mol. The normalized spacial score (nSPS) is 24.4. The van der Waals surface area contributed by atoms with Crippen LogP contribution >= 0.6 is 0 Å². The third kappa shape index (κ3) is 2.75. The number of nitrogens with one attached hydrogen (secondary N) is 1. The predicted octanol–water partition coefficient (Wildman–Crippen LogP) is 1.01. The Labute approximate surface area is 121 Å². The van der Waals surface area contributed by atoms with E-state index in [4.69, 9.17) is 4.74 Å². The van der Waals surface area contributed by atoms with Crippen molar-refractivity contribution in [2.45, 2.75) is 31.8 Å². The Balaban J connectivity index is 1.66. The summed E-state index contributed by atoms with van der Waals surface area (Å²) in [5.41, 5.74) is 0.574. The highest BCUT2D eigenvalue weighted by Gasteiger charge is 2.56. The van der Waals surface area contributed by atoms with Crippen LogP contribution in [0.5, 0.6) is 0 Å². The molecule has 1 aromatic heterocycles. The van der Waals surface area contributed by atoms with Gasteiger partial charge >= 0.3 is 0 Å². The van der Waals surface area contributed by atoms with Crippen molar-refractivity contribution in [3.05, 3.63) is 18.2 Å². The number of piperidine rings is 1. The van der Waals surface area contributed by atoms with E-state index in [1.54, 1.807) is 7.11 Å². The molecule has 5 nitrogen and oxygen atoms in total. The van der Waals surface area contributed by atoms with Crippen LogP contribution in [0, 0.1) is 5.41 Å². The van der Waals surface area contributed by atoms with Crippen molar-refractivity contribution in [1.82, 2.24) is 19.8 Å². The Morgan fingerprint density at radius 1 is 1.50 bits per heavy atom. The summed E-state index contributed by atoms with van der Waals surface area (Å²) in [6.45, 7) is 5.10. The van der Waals surface area contributed by atoms with Crippen LogP contribution in [-0.2, 0) is 18.3 Å². The standard InChI is InChI=1S/C15H26N4O/c1-18-8-7-17-14(18)12-19(9-10-20-2)13-11-15(13)3-5-16-6-4-15/h7-8,13,16H,3-6,9-12H2,1-2H3. The van der Waals surface area contributed by atoms with Gasteiger partial charge in [-0.1, -0.05) is 0 Å². The Morgan fingerprint density at radius 3 is 2.95 bits per heavy atom. The fourth-order valence-electron chi connectivity index (χ4n) is 3.59. The minimum Gasteiger partial charge on any atom is -0.383 e. The van der Waals surface area contributed by atoms with E-state index in [-0.39, 0.29) is 0 Å². The lowest BCUT2D eigenvalue weighted by molar-refractivity contribution is 0.121. The summed E-state index contributed by atoms with van der Waals surface area (Å²) in [5, 5.41) is 3.48. The molecule has 2 heterocycles. The highest BCUT2D eigenvalue weighted by molar-refractivity contribution is 5.11. The molecular weight excluding hydrogens is 252 g/mol. The van der Waals surface area contributed by atoms with Crippen molar-refractivity contribution in [2.24, 2.45) is 12.5 Å². The van der Waals surface area contributed by atoms with Crippen molar-refractivity contribution in [3.8, 4) is 0 Å². The van der Waals surface area contributed by atoms with Crippen LogP contribution in [0.4, 0.5) is 0 Å². The average Bonchev–Trinajstić information content (AvgIpc) is 2.98. The molecule has 2 aliphatic rings. The van der Waals surface area contributed by atoms with Crippen molar-refractivity contribution >= 4 is 0 Å². The minimum atomic E-state index is 0.574. The molecule has 0 amide bonds.